The Bertz CT molecular complexity index is 182. The van der Waals surface area contributed by atoms with E-state index in [1.54, 1.807) is 0 Å². The first kappa shape index (κ1) is 12.0. The van der Waals surface area contributed by atoms with Gasteiger partial charge in [0.15, 0.2) is 0 Å². The minimum absolute atomic E-state index is 0.457. The van der Waals surface area contributed by atoms with Crippen LogP contribution in [-0.4, -0.2) is 19.1 Å². The van der Waals surface area contributed by atoms with Gasteiger partial charge in [-0.3, -0.25) is 0 Å². The molecule has 0 amide bonds. The molecule has 2 nitrogen and oxygen atoms in total. The third-order valence-electron chi connectivity index (χ3n) is 4.41. The molecule has 1 saturated carbocycles. The predicted octanol–water partition coefficient (Wildman–Crippen LogP) is 2.00. The zero-order valence-electron chi connectivity index (χ0n) is 10.4. The number of hydrogen-bond acceptors (Lipinski definition) is 2. The second-order valence-corrected chi connectivity index (χ2v) is 5.96. The van der Waals surface area contributed by atoms with Gasteiger partial charge in [-0.2, -0.15) is 0 Å². The van der Waals surface area contributed by atoms with Gasteiger partial charge in [0.05, 0.1) is 0 Å². The van der Waals surface area contributed by atoms with E-state index in [1.165, 1.54) is 6.42 Å². The molecule has 1 aliphatic rings. The maximum absolute atomic E-state index is 5.58. The average Bonchev–Trinajstić information content (AvgIpc) is 2.47. The van der Waals surface area contributed by atoms with Gasteiger partial charge in [-0.1, -0.05) is 34.6 Å². The highest BCUT2D eigenvalue weighted by molar-refractivity contribution is 5.17. The molecular formula is C12H26N2. The van der Waals surface area contributed by atoms with Gasteiger partial charge >= 0.3 is 0 Å². The van der Waals surface area contributed by atoms with Crippen molar-refractivity contribution in [2.24, 2.45) is 22.5 Å². The van der Waals surface area contributed by atoms with Crippen molar-refractivity contribution < 1.29 is 0 Å². The summed E-state index contributed by atoms with van der Waals surface area (Å²) >= 11 is 0. The van der Waals surface area contributed by atoms with Crippen molar-refractivity contribution in [3.05, 3.63) is 0 Å². The Hall–Kier alpha value is -0.0800. The Morgan fingerprint density at radius 2 is 1.71 bits per heavy atom. The van der Waals surface area contributed by atoms with Crippen LogP contribution in [0.25, 0.3) is 0 Å². The summed E-state index contributed by atoms with van der Waals surface area (Å²) in [6, 6.07) is 0.681. The van der Waals surface area contributed by atoms with Gasteiger partial charge in [0.25, 0.3) is 0 Å². The molecule has 0 spiro atoms. The number of hydrogen-bond donors (Lipinski definition) is 2. The predicted molar refractivity (Wildman–Crippen MR) is 62.2 cm³/mol. The van der Waals surface area contributed by atoms with Crippen LogP contribution in [0.3, 0.4) is 0 Å². The Morgan fingerprint density at radius 1 is 1.21 bits per heavy atom. The lowest BCUT2D eigenvalue weighted by Crippen LogP contribution is -2.26. The lowest BCUT2D eigenvalue weighted by atomic mass is 10.0. The largest absolute Gasteiger partial charge is 0.330 e. The molecule has 2 heteroatoms. The molecule has 1 unspecified atom stereocenters. The highest BCUT2D eigenvalue weighted by Gasteiger charge is 2.64. The van der Waals surface area contributed by atoms with Gasteiger partial charge in [-0.05, 0) is 36.3 Å². The molecule has 1 fully saturated rings. The van der Waals surface area contributed by atoms with Gasteiger partial charge in [0.2, 0.25) is 0 Å². The maximum Gasteiger partial charge on any atom is 0.0181 e. The molecule has 84 valence electrons. The first-order valence-electron chi connectivity index (χ1n) is 5.77. The van der Waals surface area contributed by atoms with Crippen LogP contribution in [0.1, 0.15) is 41.0 Å². The van der Waals surface area contributed by atoms with E-state index in [0.717, 1.165) is 13.1 Å². The van der Waals surface area contributed by atoms with Gasteiger partial charge < -0.3 is 11.1 Å². The Labute approximate surface area is 88.6 Å². The molecule has 0 bridgehead atoms. The van der Waals surface area contributed by atoms with Crippen LogP contribution >= 0.6 is 0 Å². The Balaban J connectivity index is 2.22. The second-order valence-electron chi connectivity index (χ2n) is 5.96. The monoisotopic (exact) mass is 198 g/mol. The minimum atomic E-state index is 0.457. The van der Waals surface area contributed by atoms with Crippen LogP contribution in [0.2, 0.25) is 0 Å². The maximum atomic E-state index is 5.58. The van der Waals surface area contributed by atoms with Crippen LogP contribution in [0.15, 0.2) is 0 Å². The van der Waals surface area contributed by atoms with Crippen LogP contribution < -0.4 is 11.1 Å². The highest BCUT2D eigenvalue weighted by atomic mass is 15.0. The van der Waals surface area contributed by atoms with Crippen molar-refractivity contribution in [2.75, 3.05) is 13.1 Å². The molecule has 1 atom stereocenters. The molecule has 0 saturated heterocycles. The molecule has 1 rings (SSSR count). The molecule has 0 aliphatic heterocycles. The molecule has 0 aromatic carbocycles. The van der Waals surface area contributed by atoms with Gasteiger partial charge in [0.1, 0.15) is 0 Å². The quantitative estimate of drug-likeness (QED) is 0.709. The summed E-state index contributed by atoms with van der Waals surface area (Å²) in [4.78, 5) is 0. The van der Waals surface area contributed by atoms with E-state index in [4.69, 9.17) is 5.73 Å². The zero-order chi connectivity index (χ0) is 11.0. The SMILES string of the molecule is CC(CN)CCNC1C(C)(C)C1(C)C. The molecular weight excluding hydrogens is 172 g/mol. The third kappa shape index (κ3) is 1.96. The first-order chi connectivity index (χ1) is 6.34. The number of nitrogens with one attached hydrogen (secondary N) is 1. The number of rotatable bonds is 5. The van der Waals surface area contributed by atoms with E-state index in [9.17, 15) is 0 Å². The fourth-order valence-electron chi connectivity index (χ4n) is 2.30. The van der Waals surface area contributed by atoms with Crippen LogP contribution in [0.5, 0.6) is 0 Å². The summed E-state index contributed by atoms with van der Waals surface area (Å²) in [5, 5.41) is 3.65. The van der Waals surface area contributed by atoms with Gasteiger partial charge in [-0.15, -0.1) is 0 Å². The van der Waals surface area contributed by atoms with E-state index in [1.807, 2.05) is 0 Å². The molecule has 3 N–H and O–H groups in total. The molecule has 1 aliphatic carbocycles. The van der Waals surface area contributed by atoms with Crippen molar-refractivity contribution in [2.45, 2.75) is 47.1 Å². The van der Waals surface area contributed by atoms with E-state index in [0.29, 0.717) is 22.8 Å². The smallest absolute Gasteiger partial charge is 0.0181 e. The molecule has 0 aromatic heterocycles. The summed E-state index contributed by atoms with van der Waals surface area (Å²) < 4.78 is 0. The normalized spacial score (nSPS) is 26.1. The fourth-order valence-corrected chi connectivity index (χ4v) is 2.30. The lowest BCUT2D eigenvalue weighted by Gasteiger charge is -2.10. The number of nitrogens with two attached hydrogens (primary N) is 1. The first-order valence-corrected chi connectivity index (χ1v) is 5.77. The minimum Gasteiger partial charge on any atom is -0.330 e. The average molecular weight is 198 g/mol. The van der Waals surface area contributed by atoms with Gasteiger partial charge in [0, 0.05) is 6.04 Å². The van der Waals surface area contributed by atoms with Gasteiger partial charge in [-0.25, -0.2) is 0 Å². The molecule has 0 radical (unpaired) electrons. The highest BCUT2D eigenvalue weighted by Crippen LogP contribution is 2.62. The zero-order valence-corrected chi connectivity index (χ0v) is 10.4. The summed E-state index contributed by atoms with van der Waals surface area (Å²) in [6.07, 6.45) is 1.19. The summed E-state index contributed by atoms with van der Waals surface area (Å²) in [5.74, 6) is 0.646. The van der Waals surface area contributed by atoms with E-state index >= 15 is 0 Å². The third-order valence-corrected chi connectivity index (χ3v) is 4.41. The van der Waals surface area contributed by atoms with Crippen molar-refractivity contribution in [3.63, 3.8) is 0 Å². The molecule has 0 heterocycles. The fraction of sp³-hybridized carbons (Fsp3) is 1.00. The van der Waals surface area contributed by atoms with Crippen molar-refractivity contribution in [1.29, 1.82) is 0 Å². The van der Waals surface area contributed by atoms with E-state index in [2.05, 4.69) is 39.9 Å². The summed E-state index contributed by atoms with van der Waals surface area (Å²) in [7, 11) is 0. The summed E-state index contributed by atoms with van der Waals surface area (Å²) in [6.45, 7) is 13.5. The van der Waals surface area contributed by atoms with Crippen molar-refractivity contribution in [1.82, 2.24) is 5.32 Å². The standard InChI is InChI=1S/C12H26N2/c1-9(8-13)6-7-14-10-11(2,3)12(10,4)5/h9-10,14H,6-8,13H2,1-5H3. The molecule has 0 aromatic rings. The van der Waals surface area contributed by atoms with Crippen LogP contribution in [0, 0.1) is 16.7 Å². The Morgan fingerprint density at radius 3 is 2.07 bits per heavy atom. The lowest BCUT2D eigenvalue weighted by molar-refractivity contribution is 0.457. The second kappa shape index (κ2) is 3.82. The topological polar surface area (TPSA) is 38.0 Å². The summed E-state index contributed by atoms with van der Waals surface area (Å²) in [5.41, 5.74) is 6.50. The van der Waals surface area contributed by atoms with Crippen LogP contribution in [-0.2, 0) is 0 Å². The Kier molecular flexibility index (Phi) is 3.27. The van der Waals surface area contributed by atoms with Crippen molar-refractivity contribution in [3.8, 4) is 0 Å². The van der Waals surface area contributed by atoms with Crippen LogP contribution in [0.4, 0.5) is 0 Å². The van der Waals surface area contributed by atoms with E-state index in [-0.39, 0.29) is 0 Å². The van der Waals surface area contributed by atoms with E-state index < -0.39 is 0 Å². The molecule has 14 heavy (non-hydrogen) atoms. The van der Waals surface area contributed by atoms with Crippen molar-refractivity contribution >= 4 is 0 Å².